The molecular weight excluding hydrogens is 328 g/mol. The maximum Gasteiger partial charge on any atom is 0.306 e. The Morgan fingerprint density at radius 2 is 1.88 bits per heavy atom. The van der Waals surface area contributed by atoms with Gasteiger partial charge in [0.05, 0.1) is 18.0 Å². The predicted molar refractivity (Wildman–Crippen MR) is 92.2 cm³/mol. The highest BCUT2D eigenvalue weighted by Crippen LogP contribution is 2.32. The summed E-state index contributed by atoms with van der Waals surface area (Å²) in [7, 11) is 0. The molecule has 1 rings (SSSR count). The molecule has 0 radical (unpaired) electrons. The molecule has 144 valence electrons. The van der Waals surface area contributed by atoms with E-state index in [1.54, 1.807) is 6.92 Å². The number of amides is 1. The lowest BCUT2D eigenvalue weighted by Gasteiger charge is -2.34. The second kappa shape index (κ2) is 10.1. The van der Waals surface area contributed by atoms with Crippen LogP contribution >= 0.6 is 0 Å². The number of carbonyl (C=O) groups is 4. The van der Waals surface area contributed by atoms with Crippen LogP contribution in [0.1, 0.15) is 53.4 Å². The van der Waals surface area contributed by atoms with Gasteiger partial charge >= 0.3 is 11.9 Å². The minimum absolute atomic E-state index is 0. The first-order valence-corrected chi connectivity index (χ1v) is 8.21. The van der Waals surface area contributed by atoms with Crippen molar-refractivity contribution in [3.8, 4) is 0 Å². The highest BCUT2D eigenvalue weighted by Gasteiger charge is 2.45. The molecule has 0 aromatic heterocycles. The summed E-state index contributed by atoms with van der Waals surface area (Å²) >= 11 is 0. The number of likely N-dealkylation sites (tertiary alicyclic amines) is 1. The zero-order valence-electron chi connectivity index (χ0n) is 14.2. The van der Waals surface area contributed by atoms with Crippen LogP contribution in [0.5, 0.6) is 0 Å². The highest BCUT2D eigenvalue weighted by atomic mass is 16.4. The van der Waals surface area contributed by atoms with Crippen LogP contribution in [0.15, 0.2) is 0 Å². The van der Waals surface area contributed by atoms with E-state index in [9.17, 15) is 24.3 Å². The molecule has 1 heterocycles. The topological polar surface area (TPSA) is 124 Å². The van der Waals surface area contributed by atoms with Crippen molar-refractivity contribution >= 4 is 23.6 Å². The van der Waals surface area contributed by atoms with E-state index in [-0.39, 0.29) is 44.9 Å². The van der Waals surface area contributed by atoms with Crippen LogP contribution < -0.4 is 5.32 Å². The van der Waals surface area contributed by atoms with E-state index in [0.717, 1.165) is 0 Å². The minimum atomic E-state index is -1.18. The van der Waals surface area contributed by atoms with E-state index in [1.165, 1.54) is 4.90 Å². The molecule has 1 saturated heterocycles. The summed E-state index contributed by atoms with van der Waals surface area (Å²) in [5.74, 6) is -3.82. The Morgan fingerprint density at radius 3 is 2.40 bits per heavy atom. The summed E-state index contributed by atoms with van der Waals surface area (Å²) in [4.78, 5) is 48.4. The number of ketones is 1. The standard InChI is InChI=1S/C16H26N2O6.CH4/c1-3-17-10-13(20)18-8-4-7-16(18,2)12(19)9-11(15(23)24)5-6-14(21)22;/h11,17H,3-10H2,1-2H3,(H,21,22)(H,23,24);1H4/t11-,16+;/m1./s1. The summed E-state index contributed by atoms with van der Waals surface area (Å²) < 4.78 is 0. The van der Waals surface area contributed by atoms with Crippen molar-refractivity contribution in [1.82, 2.24) is 10.2 Å². The Labute approximate surface area is 148 Å². The SMILES string of the molecule is C.CCNCC(=O)N1CCC[C@@]1(C)C(=O)C[C@@H](CCC(=O)O)C(=O)O. The highest BCUT2D eigenvalue weighted by molar-refractivity contribution is 5.95. The molecule has 1 aliphatic rings. The molecule has 0 aliphatic carbocycles. The van der Waals surface area contributed by atoms with E-state index in [2.05, 4.69) is 5.32 Å². The van der Waals surface area contributed by atoms with Gasteiger partial charge in [-0.25, -0.2) is 0 Å². The molecule has 0 aromatic carbocycles. The lowest BCUT2D eigenvalue weighted by Crippen LogP contribution is -2.53. The largest absolute Gasteiger partial charge is 0.481 e. The average molecular weight is 358 g/mol. The lowest BCUT2D eigenvalue weighted by molar-refractivity contribution is -0.148. The molecule has 25 heavy (non-hydrogen) atoms. The number of nitrogens with one attached hydrogen (secondary N) is 1. The van der Waals surface area contributed by atoms with Gasteiger partial charge in [-0.1, -0.05) is 14.4 Å². The zero-order valence-corrected chi connectivity index (χ0v) is 14.2. The molecule has 0 bridgehead atoms. The maximum atomic E-state index is 12.7. The van der Waals surface area contributed by atoms with Crippen LogP contribution in [0.4, 0.5) is 0 Å². The Bertz CT molecular complexity index is 507. The normalized spacial score (nSPS) is 20.6. The molecule has 0 aromatic rings. The number of carboxylic acids is 2. The fourth-order valence-corrected chi connectivity index (χ4v) is 3.03. The van der Waals surface area contributed by atoms with Crippen molar-refractivity contribution in [1.29, 1.82) is 0 Å². The Balaban J connectivity index is 0.00000576. The minimum Gasteiger partial charge on any atom is -0.481 e. The van der Waals surface area contributed by atoms with Gasteiger partial charge in [0.2, 0.25) is 5.91 Å². The van der Waals surface area contributed by atoms with Crippen LogP contribution in [0.25, 0.3) is 0 Å². The number of carboxylic acid groups (broad SMARTS) is 2. The van der Waals surface area contributed by atoms with E-state index in [1.807, 2.05) is 6.92 Å². The molecule has 0 saturated carbocycles. The molecule has 2 atom stereocenters. The average Bonchev–Trinajstić information content (AvgIpc) is 2.91. The van der Waals surface area contributed by atoms with Crippen molar-refractivity contribution in [3.63, 3.8) is 0 Å². The van der Waals surface area contributed by atoms with Gasteiger partial charge in [0.1, 0.15) is 0 Å². The fraction of sp³-hybridized carbons (Fsp3) is 0.765. The van der Waals surface area contributed by atoms with Gasteiger partial charge in [-0.05, 0) is 32.7 Å². The van der Waals surface area contributed by atoms with Crippen molar-refractivity contribution in [3.05, 3.63) is 0 Å². The van der Waals surface area contributed by atoms with Gasteiger partial charge < -0.3 is 20.4 Å². The van der Waals surface area contributed by atoms with Gasteiger partial charge in [-0.2, -0.15) is 0 Å². The quantitative estimate of drug-likeness (QED) is 0.535. The molecule has 1 fully saturated rings. The predicted octanol–water partition coefficient (Wildman–Crippen LogP) is 1.14. The second-order valence-electron chi connectivity index (χ2n) is 6.30. The molecule has 0 spiro atoms. The summed E-state index contributed by atoms with van der Waals surface area (Å²) in [6, 6.07) is 0. The number of Topliss-reactive ketones (excluding diaryl/α,β-unsaturated/α-hetero) is 1. The number of rotatable bonds is 10. The van der Waals surface area contributed by atoms with E-state index in [4.69, 9.17) is 5.11 Å². The Kier molecular flexibility index (Phi) is 9.33. The van der Waals surface area contributed by atoms with Crippen LogP contribution in [-0.4, -0.2) is 63.9 Å². The first kappa shape index (κ1) is 23.0. The summed E-state index contributed by atoms with van der Waals surface area (Å²) in [6.45, 7) is 4.80. The lowest BCUT2D eigenvalue weighted by atomic mass is 9.85. The monoisotopic (exact) mass is 358 g/mol. The third-order valence-electron chi connectivity index (χ3n) is 4.56. The molecule has 0 unspecified atom stereocenters. The molecule has 8 heteroatoms. The van der Waals surface area contributed by atoms with Gasteiger partial charge in [-0.15, -0.1) is 0 Å². The summed E-state index contributed by atoms with van der Waals surface area (Å²) in [6.07, 6.45) is 0.522. The second-order valence-corrected chi connectivity index (χ2v) is 6.30. The zero-order chi connectivity index (χ0) is 18.3. The van der Waals surface area contributed by atoms with Crippen LogP contribution in [0.2, 0.25) is 0 Å². The third kappa shape index (κ3) is 6.12. The Hall–Kier alpha value is -1.96. The van der Waals surface area contributed by atoms with Crippen molar-refractivity contribution in [2.45, 2.75) is 58.9 Å². The summed E-state index contributed by atoms with van der Waals surface area (Å²) in [5.41, 5.74) is -1.01. The molecule has 1 amide bonds. The number of hydrogen-bond donors (Lipinski definition) is 3. The first-order valence-electron chi connectivity index (χ1n) is 8.21. The molecule has 8 nitrogen and oxygen atoms in total. The van der Waals surface area contributed by atoms with Crippen molar-refractivity contribution in [2.24, 2.45) is 5.92 Å². The number of hydrogen-bond acceptors (Lipinski definition) is 5. The Morgan fingerprint density at radius 1 is 1.24 bits per heavy atom. The van der Waals surface area contributed by atoms with E-state index < -0.39 is 23.4 Å². The van der Waals surface area contributed by atoms with E-state index >= 15 is 0 Å². The van der Waals surface area contributed by atoms with Crippen LogP contribution in [-0.2, 0) is 19.2 Å². The van der Waals surface area contributed by atoms with Gasteiger partial charge in [0, 0.05) is 19.4 Å². The smallest absolute Gasteiger partial charge is 0.306 e. The maximum absolute atomic E-state index is 12.7. The molecular formula is C17H30N2O6. The van der Waals surface area contributed by atoms with Crippen molar-refractivity contribution < 1.29 is 29.4 Å². The number of carbonyl (C=O) groups excluding carboxylic acids is 2. The van der Waals surface area contributed by atoms with E-state index in [0.29, 0.717) is 25.9 Å². The molecule has 3 N–H and O–H groups in total. The third-order valence-corrected chi connectivity index (χ3v) is 4.56. The fourth-order valence-electron chi connectivity index (χ4n) is 3.03. The van der Waals surface area contributed by atoms with Crippen LogP contribution in [0, 0.1) is 5.92 Å². The summed E-state index contributed by atoms with van der Waals surface area (Å²) in [5, 5.41) is 20.8. The number of likely N-dealkylation sites (N-methyl/N-ethyl adjacent to an activating group) is 1. The number of aliphatic carboxylic acids is 2. The van der Waals surface area contributed by atoms with Gasteiger partial charge in [0.15, 0.2) is 5.78 Å². The molecule has 1 aliphatic heterocycles. The number of nitrogens with zero attached hydrogens (tertiary/aromatic N) is 1. The first-order chi connectivity index (χ1) is 11.2. The van der Waals surface area contributed by atoms with Gasteiger partial charge in [-0.3, -0.25) is 19.2 Å². The van der Waals surface area contributed by atoms with Crippen LogP contribution in [0.3, 0.4) is 0 Å². The van der Waals surface area contributed by atoms with Gasteiger partial charge in [0.25, 0.3) is 0 Å². The van der Waals surface area contributed by atoms with Crippen molar-refractivity contribution in [2.75, 3.05) is 19.6 Å².